The number of carbonyl (C=O) groups excluding carboxylic acids is 2. The molecular weight excluding hydrogens is 322 g/mol. The molecular formula is C18H17N3O4. The fraction of sp³-hybridized carbons (Fsp3) is 0.167. The van der Waals surface area contributed by atoms with Crippen LogP contribution in [-0.2, 0) is 9.53 Å². The summed E-state index contributed by atoms with van der Waals surface area (Å²) >= 11 is 0. The van der Waals surface area contributed by atoms with E-state index < -0.39 is 11.9 Å². The van der Waals surface area contributed by atoms with Crippen LogP contribution in [0, 0.1) is 11.8 Å². The van der Waals surface area contributed by atoms with E-state index in [4.69, 9.17) is 21.3 Å². The number of rotatable bonds is 5. The third-order valence-electron chi connectivity index (χ3n) is 3.14. The molecule has 0 aliphatic carbocycles. The van der Waals surface area contributed by atoms with Crippen LogP contribution in [0.3, 0.4) is 0 Å². The zero-order valence-electron chi connectivity index (χ0n) is 13.4. The quantitative estimate of drug-likeness (QED) is 0.543. The van der Waals surface area contributed by atoms with Crippen LogP contribution in [0.5, 0.6) is 0 Å². The van der Waals surface area contributed by atoms with Crippen LogP contribution in [0.25, 0.3) is 11.3 Å². The fourth-order valence-corrected chi connectivity index (χ4v) is 2.01. The number of anilines is 1. The molecule has 0 saturated carbocycles. The minimum Gasteiger partial charge on any atom is -0.463 e. The predicted octanol–water partition coefficient (Wildman–Crippen LogP) is 0.707. The van der Waals surface area contributed by atoms with Crippen molar-refractivity contribution in [3.8, 4) is 23.1 Å². The largest absolute Gasteiger partial charge is 0.463 e. The van der Waals surface area contributed by atoms with E-state index in [-0.39, 0.29) is 31.0 Å². The summed E-state index contributed by atoms with van der Waals surface area (Å²) in [5.74, 6) is 4.37. The van der Waals surface area contributed by atoms with Gasteiger partial charge in [0, 0.05) is 11.1 Å². The van der Waals surface area contributed by atoms with Crippen molar-refractivity contribution >= 4 is 17.6 Å². The third-order valence-corrected chi connectivity index (χ3v) is 3.14. The number of esters is 1. The Balaban J connectivity index is 2.18. The Kier molecular flexibility index (Phi) is 6.09. The first-order valence-corrected chi connectivity index (χ1v) is 7.43. The Morgan fingerprint density at radius 3 is 2.76 bits per heavy atom. The number of benzene rings is 1. The standard InChI is InChI=1S/C18H17N3O4/c19-14-7-8-15(21-17(14)18(20)24)13-5-1-3-12(11-13)4-2-6-16(23)25-10-9-22/h1,3,5,7-8,11,22H,6,9-10,19H2,(H2,20,24). The van der Waals surface area contributed by atoms with E-state index >= 15 is 0 Å². The van der Waals surface area contributed by atoms with Crippen molar-refractivity contribution < 1.29 is 19.4 Å². The molecule has 1 aromatic carbocycles. The number of aromatic nitrogens is 1. The molecule has 0 atom stereocenters. The van der Waals surface area contributed by atoms with Crippen LogP contribution >= 0.6 is 0 Å². The number of aliphatic hydroxyl groups excluding tert-OH is 1. The molecule has 1 aromatic heterocycles. The summed E-state index contributed by atoms with van der Waals surface area (Å²) in [4.78, 5) is 26.8. The number of ether oxygens (including phenoxy) is 1. The van der Waals surface area contributed by atoms with Crippen molar-refractivity contribution in [2.24, 2.45) is 5.73 Å². The van der Waals surface area contributed by atoms with Gasteiger partial charge in [0.1, 0.15) is 13.0 Å². The normalized spacial score (nSPS) is 9.80. The van der Waals surface area contributed by atoms with Crippen LogP contribution in [0.4, 0.5) is 5.69 Å². The Morgan fingerprint density at radius 1 is 1.24 bits per heavy atom. The summed E-state index contributed by atoms with van der Waals surface area (Å²) in [5.41, 5.74) is 13.1. The Hall–Kier alpha value is -3.37. The van der Waals surface area contributed by atoms with Crippen LogP contribution in [-0.4, -0.2) is 35.2 Å². The fourth-order valence-electron chi connectivity index (χ4n) is 2.01. The van der Waals surface area contributed by atoms with Gasteiger partial charge in [0.25, 0.3) is 5.91 Å². The first-order chi connectivity index (χ1) is 12.0. The van der Waals surface area contributed by atoms with Gasteiger partial charge in [-0.1, -0.05) is 24.0 Å². The van der Waals surface area contributed by atoms with Crippen LogP contribution in [0.1, 0.15) is 22.5 Å². The molecule has 1 amide bonds. The maximum absolute atomic E-state index is 11.4. The van der Waals surface area contributed by atoms with Crippen LogP contribution < -0.4 is 11.5 Å². The van der Waals surface area contributed by atoms with Crippen molar-refractivity contribution in [2.45, 2.75) is 6.42 Å². The molecule has 0 unspecified atom stereocenters. The van der Waals surface area contributed by atoms with Crippen LogP contribution in [0.15, 0.2) is 36.4 Å². The van der Waals surface area contributed by atoms with Gasteiger partial charge in [-0.15, -0.1) is 0 Å². The number of nitrogens with two attached hydrogens (primary N) is 2. The van der Waals surface area contributed by atoms with Gasteiger partial charge in [-0.2, -0.15) is 0 Å². The number of primary amides is 1. The van der Waals surface area contributed by atoms with E-state index in [9.17, 15) is 9.59 Å². The summed E-state index contributed by atoms with van der Waals surface area (Å²) in [7, 11) is 0. The Morgan fingerprint density at radius 2 is 2.04 bits per heavy atom. The number of amides is 1. The molecule has 0 spiro atoms. The summed E-state index contributed by atoms with van der Waals surface area (Å²) in [6, 6.07) is 10.4. The minimum absolute atomic E-state index is 0.0145. The second-order valence-corrected chi connectivity index (χ2v) is 5.00. The van der Waals surface area contributed by atoms with Crippen molar-refractivity contribution in [1.29, 1.82) is 0 Å². The van der Waals surface area contributed by atoms with E-state index in [0.29, 0.717) is 11.3 Å². The third kappa shape index (κ3) is 5.06. The summed E-state index contributed by atoms with van der Waals surface area (Å²) in [6.45, 7) is -0.260. The number of nitrogen functional groups attached to an aromatic ring is 1. The summed E-state index contributed by atoms with van der Waals surface area (Å²) in [5, 5.41) is 8.57. The van der Waals surface area contributed by atoms with Crippen molar-refractivity contribution in [3.05, 3.63) is 47.7 Å². The SMILES string of the molecule is NC(=O)c1nc(-c2cccc(C#CCC(=O)OCCO)c2)ccc1N. The van der Waals surface area contributed by atoms with E-state index in [0.717, 1.165) is 5.56 Å². The molecule has 5 N–H and O–H groups in total. The van der Waals surface area contributed by atoms with Gasteiger partial charge >= 0.3 is 5.97 Å². The lowest BCUT2D eigenvalue weighted by atomic mass is 10.1. The van der Waals surface area contributed by atoms with E-state index in [2.05, 4.69) is 16.8 Å². The lowest BCUT2D eigenvalue weighted by molar-refractivity contribution is -0.143. The molecule has 0 bridgehead atoms. The maximum atomic E-state index is 11.4. The molecule has 2 aromatic rings. The first-order valence-electron chi connectivity index (χ1n) is 7.43. The van der Waals surface area contributed by atoms with Gasteiger partial charge in [-0.3, -0.25) is 9.59 Å². The monoisotopic (exact) mass is 339 g/mol. The summed E-state index contributed by atoms with van der Waals surface area (Å²) in [6.07, 6.45) is -0.0732. The first kappa shape index (κ1) is 18.0. The molecule has 2 rings (SSSR count). The minimum atomic E-state index is -0.698. The number of pyridine rings is 1. The van der Waals surface area contributed by atoms with Crippen molar-refractivity contribution in [3.63, 3.8) is 0 Å². The van der Waals surface area contributed by atoms with Gasteiger partial charge < -0.3 is 21.3 Å². The number of hydrogen-bond acceptors (Lipinski definition) is 6. The second-order valence-electron chi connectivity index (χ2n) is 5.00. The molecule has 7 heteroatoms. The number of nitrogens with zero attached hydrogens (tertiary/aromatic N) is 1. The van der Waals surface area contributed by atoms with E-state index in [1.807, 2.05) is 6.07 Å². The van der Waals surface area contributed by atoms with Crippen LogP contribution in [0.2, 0.25) is 0 Å². The summed E-state index contributed by atoms with van der Waals surface area (Å²) < 4.78 is 4.71. The maximum Gasteiger partial charge on any atom is 0.318 e. The zero-order valence-corrected chi connectivity index (χ0v) is 13.4. The molecule has 0 saturated heterocycles. The van der Waals surface area contributed by atoms with E-state index in [1.165, 1.54) is 0 Å². The average Bonchev–Trinajstić information content (AvgIpc) is 2.60. The number of aliphatic hydroxyl groups is 1. The van der Waals surface area contributed by atoms with Crippen molar-refractivity contribution in [2.75, 3.05) is 18.9 Å². The molecule has 128 valence electrons. The topological polar surface area (TPSA) is 129 Å². The number of carbonyl (C=O) groups is 2. The highest BCUT2D eigenvalue weighted by Gasteiger charge is 2.10. The molecule has 0 aliphatic rings. The highest BCUT2D eigenvalue weighted by Crippen LogP contribution is 2.21. The Bertz CT molecular complexity index is 853. The van der Waals surface area contributed by atoms with Gasteiger partial charge in [-0.05, 0) is 24.3 Å². The zero-order chi connectivity index (χ0) is 18.2. The second kappa shape index (κ2) is 8.47. The predicted molar refractivity (Wildman–Crippen MR) is 92.1 cm³/mol. The van der Waals surface area contributed by atoms with Gasteiger partial charge in [0.15, 0.2) is 5.69 Å². The van der Waals surface area contributed by atoms with Gasteiger partial charge in [0.05, 0.1) is 18.0 Å². The average molecular weight is 339 g/mol. The smallest absolute Gasteiger partial charge is 0.318 e. The van der Waals surface area contributed by atoms with E-state index in [1.54, 1.807) is 30.3 Å². The Labute approximate surface area is 144 Å². The highest BCUT2D eigenvalue weighted by atomic mass is 16.5. The molecule has 7 nitrogen and oxygen atoms in total. The molecule has 0 radical (unpaired) electrons. The number of hydrogen-bond donors (Lipinski definition) is 3. The van der Waals surface area contributed by atoms with Gasteiger partial charge in [-0.25, -0.2) is 4.98 Å². The molecule has 0 aliphatic heterocycles. The molecule has 25 heavy (non-hydrogen) atoms. The molecule has 1 heterocycles. The van der Waals surface area contributed by atoms with Crippen molar-refractivity contribution in [1.82, 2.24) is 4.98 Å². The highest BCUT2D eigenvalue weighted by molar-refractivity contribution is 5.96. The molecule has 0 fully saturated rings. The lowest BCUT2D eigenvalue weighted by Crippen LogP contribution is -2.15. The van der Waals surface area contributed by atoms with Gasteiger partial charge in [0.2, 0.25) is 0 Å². The lowest BCUT2D eigenvalue weighted by Gasteiger charge is -2.05.